The van der Waals surface area contributed by atoms with E-state index >= 15 is 0 Å². The predicted molar refractivity (Wildman–Crippen MR) is 139 cm³/mol. The number of para-hydroxylation sites is 1. The quantitative estimate of drug-likeness (QED) is 0.350. The van der Waals surface area contributed by atoms with Gasteiger partial charge in [0.25, 0.3) is 0 Å². The van der Waals surface area contributed by atoms with Gasteiger partial charge < -0.3 is 19.9 Å². The van der Waals surface area contributed by atoms with E-state index in [4.69, 9.17) is 4.74 Å². The van der Waals surface area contributed by atoms with E-state index in [1.807, 2.05) is 13.1 Å². The van der Waals surface area contributed by atoms with Crippen molar-refractivity contribution in [2.45, 2.75) is 6.04 Å². The number of nitrogens with zero attached hydrogens (tertiary/aromatic N) is 4. The van der Waals surface area contributed by atoms with Crippen LogP contribution in [0.3, 0.4) is 0 Å². The number of benzene rings is 2. The van der Waals surface area contributed by atoms with Gasteiger partial charge in [0.05, 0.1) is 19.3 Å². The van der Waals surface area contributed by atoms with Gasteiger partial charge in [0, 0.05) is 58.5 Å². The van der Waals surface area contributed by atoms with Crippen LogP contribution < -0.4 is 10.2 Å². The first-order chi connectivity index (χ1) is 15.2. The lowest BCUT2D eigenvalue weighted by atomic mass is 10.0. The monoisotopic (exact) mass is 553 g/mol. The third-order valence-electron chi connectivity index (χ3n) is 6.09. The summed E-state index contributed by atoms with van der Waals surface area (Å²) in [6.45, 7) is 7.53. The van der Waals surface area contributed by atoms with Crippen molar-refractivity contribution in [2.75, 3.05) is 71.0 Å². The van der Waals surface area contributed by atoms with Crippen LogP contribution in [0.15, 0.2) is 59.6 Å². The van der Waals surface area contributed by atoms with Crippen LogP contribution in [0.4, 0.5) is 10.1 Å². The maximum atomic E-state index is 13.9. The molecule has 2 heterocycles. The zero-order valence-corrected chi connectivity index (χ0v) is 21.0. The van der Waals surface area contributed by atoms with Crippen LogP contribution in [0, 0.1) is 5.82 Å². The van der Waals surface area contributed by atoms with Crippen LogP contribution in [0.1, 0.15) is 11.6 Å². The Morgan fingerprint density at radius 2 is 1.72 bits per heavy atom. The Bertz CT molecular complexity index is 854. The summed E-state index contributed by atoms with van der Waals surface area (Å²) in [4.78, 5) is 11.6. The Morgan fingerprint density at radius 3 is 2.38 bits per heavy atom. The molecule has 1 N–H and O–H groups in total. The number of piperazine rings is 1. The van der Waals surface area contributed by atoms with Gasteiger partial charge in [0.15, 0.2) is 5.96 Å². The summed E-state index contributed by atoms with van der Waals surface area (Å²) in [7, 11) is 1.83. The van der Waals surface area contributed by atoms with Crippen molar-refractivity contribution in [2.24, 2.45) is 4.99 Å². The normalized spacial score (nSPS) is 18.8. The predicted octanol–water partition coefficient (Wildman–Crippen LogP) is 3.21. The summed E-state index contributed by atoms with van der Waals surface area (Å²) in [5.74, 6) is 0.708. The molecular formula is C24H33FIN5O. The smallest absolute Gasteiger partial charge is 0.193 e. The molecule has 1 unspecified atom stereocenters. The van der Waals surface area contributed by atoms with Gasteiger partial charge in [-0.3, -0.25) is 9.89 Å². The second-order valence-corrected chi connectivity index (χ2v) is 7.96. The highest BCUT2D eigenvalue weighted by atomic mass is 127. The Balaban J connectivity index is 0.00000289. The second kappa shape index (κ2) is 12.4. The molecule has 1 atom stereocenters. The first kappa shape index (κ1) is 24.7. The lowest BCUT2D eigenvalue weighted by Crippen LogP contribution is -2.54. The molecule has 6 nitrogen and oxygen atoms in total. The van der Waals surface area contributed by atoms with Gasteiger partial charge in [0.1, 0.15) is 5.82 Å². The molecule has 8 heteroatoms. The number of nitrogens with one attached hydrogen (secondary N) is 1. The first-order valence-corrected chi connectivity index (χ1v) is 11.1. The van der Waals surface area contributed by atoms with Crippen LogP contribution >= 0.6 is 24.0 Å². The van der Waals surface area contributed by atoms with Crippen molar-refractivity contribution >= 4 is 35.6 Å². The molecule has 2 aromatic carbocycles. The molecule has 0 radical (unpaired) electrons. The summed E-state index contributed by atoms with van der Waals surface area (Å²) in [5.41, 5.74) is 2.25. The fourth-order valence-electron chi connectivity index (χ4n) is 4.40. The molecule has 2 aromatic rings. The number of guanidine groups is 1. The number of ether oxygens (including phenoxy) is 1. The van der Waals surface area contributed by atoms with Crippen molar-refractivity contribution in [1.29, 1.82) is 0 Å². The lowest BCUT2D eigenvalue weighted by molar-refractivity contribution is 0.0168. The maximum absolute atomic E-state index is 13.9. The van der Waals surface area contributed by atoms with Crippen molar-refractivity contribution in [3.05, 3.63) is 66.0 Å². The Morgan fingerprint density at radius 1 is 1.00 bits per heavy atom. The zero-order valence-electron chi connectivity index (χ0n) is 18.6. The van der Waals surface area contributed by atoms with Gasteiger partial charge in [-0.2, -0.15) is 0 Å². The Hall–Kier alpha value is -1.91. The van der Waals surface area contributed by atoms with E-state index < -0.39 is 0 Å². The third kappa shape index (κ3) is 6.32. The molecule has 0 aliphatic carbocycles. The van der Waals surface area contributed by atoms with E-state index in [2.05, 4.69) is 55.3 Å². The third-order valence-corrected chi connectivity index (χ3v) is 6.09. The largest absolute Gasteiger partial charge is 0.379 e. The van der Waals surface area contributed by atoms with Crippen molar-refractivity contribution in [1.82, 2.24) is 15.1 Å². The minimum absolute atomic E-state index is 0. The minimum Gasteiger partial charge on any atom is -0.379 e. The number of morpholine rings is 1. The van der Waals surface area contributed by atoms with Gasteiger partial charge in [0.2, 0.25) is 0 Å². The molecule has 0 amide bonds. The number of hydrogen-bond acceptors (Lipinski definition) is 4. The molecular weight excluding hydrogens is 520 g/mol. The van der Waals surface area contributed by atoms with Gasteiger partial charge in [-0.05, 0) is 29.8 Å². The van der Waals surface area contributed by atoms with Crippen LogP contribution in [-0.4, -0.2) is 81.8 Å². The molecule has 32 heavy (non-hydrogen) atoms. The molecule has 2 aliphatic heterocycles. The average molecular weight is 553 g/mol. The van der Waals surface area contributed by atoms with Gasteiger partial charge in [-0.1, -0.05) is 30.3 Å². The summed E-state index contributed by atoms with van der Waals surface area (Å²) in [5, 5.41) is 3.56. The average Bonchev–Trinajstić information content (AvgIpc) is 2.83. The number of rotatable bonds is 5. The highest BCUT2D eigenvalue weighted by molar-refractivity contribution is 14.0. The topological polar surface area (TPSA) is 43.3 Å². The maximum Gasteiger partial charge on any atom is 0.193 e. The van der Waals surface area contributed by atoms with Crippen molar-refractivity contribution < 1.29 is 9.13 Å². The van der Waals surface area contributed by atoms with Crippen LogP contribution in [-0.2, 0) is 4.74 Å². The molecule has 2 fully saturated rings. The first-order valence-electron chi connectivity index (χ1n) is 11.1. The van der Waals surface area contributed by atoms with Crippen LogP contribution in [0.25, 0.3) is 0 Å². The van der Waals surface area contributed by atoms with E-state index in [1.165, 1.54) is 11.8 Å². The van der Waals surface area contributed by atoms with E-state index in [1.54, 1.807) is 12.1 Å². The van der Waals surface area contributed by atoms with E-state index in [-0.39, 0.29) is 35.8 Å². The summed E-state index contributed by atoms with van der Waals surface area (Å²) >= 11 is 0. The number of hydrogen-bond donors (Lipinski definition) is 1. The molecule has 2 saturated heterocycles. The summed E-state index contributed by atoms with van der Waals surface area (Å²) in [6, 6.07) is 17.5. The SMILES string of the molecule is CN=C(NCC(c1cccc(F)c1)N1CCOCC1)N1CCN(c2ccccc2)CC1.I. The van der Waals surface area contributed by atoms with E-state index in [0.717, 1.165) is 50.8 Å². The fourth-order valence-corrected chi connectivity index (χ4v) is 4.40. The molecule has 2 aliphatic rings. The van der Waals surface area contributed by atoms with Gasteiger partial charge in [-0.15, -0.1) is 24.0 Å². The Kier molecular flexibility index (Phi) is 9.55. The number of aliphatic imine (C=N–C) groups is 1. The van der Waals surface area contributed by atoms with E-state index in [9.17, 15) is 4.39 Å². The summed E-state index contributed by atoms with van der Waals surface area (Å²) < 4.78 is 19.5. The number of anilines is 1. The van der Waals surface area contributed by atoms with Gasteiger partial charge in [-0.25, -0.2) is 4.39 Å². The molecule has 0 spiro atoms. The highest BCUT2D eigenvalue weighted by Gasteiger charge is 2.25. The molecule has 174 valence electrons. The molecule has 4 rings (SSSR count). The lowest BCUT2D eigenvalue weighted by Gasteiger charge is -2.39. The van der Waals surface area contributed by atoms with Crippen LogP contribution in [0.5, 0.6) is 0 Å². The van der Waals surface area contributed by atoms with Crippen molar-refractivity contribution in [3.8, 4) is 0 Å². The zero-order chi connectivity index (χ0) is 21.5. The summed E-state index contributed by atoms with van der Waals surface area (Å²) in [6.07, 6.45) is 0. The van der Waals surface area contributed by atoms with E-state index in [0.29, 0.717) is 19.8 Å². The standard InChI is InChI=1S/C24H32FN5O.HI/c1-26-24(30-12-10-28(11-13-30)22-8-3-2-4-9-22)27-19-23(29-14-16-31-17-15-29)20-6-5-7-21(25)18-20;/h2-9,18,23H,10-17,19H2,1H3,(H,26,27);1H. The van der Waals surface area contributed by atoms with Gasteiger partial charge >= 0.3 is 0 Å². The fraction of sp³-hybridized carbons (Fsp3) is 0.458. The van der Waals surface area contributed by atoms with Crippen molar-refractivity contribution in [3.63, 3.8) is 0 Å². The molecule has 0 aromatic heterocycles. The minimum atomic E-state index is -0.197. The second-order valence-electron chi connectivity index (χ2n) is 7.96. The Labute approximate surface area is 207 Å². The van der Waals surface area contributed by atoms with Crippen LogP contribution in [0.2, 0.25) is 0 Å². The molecule has 0 bridgehead atoms. The number of halogens is 2. The molecule has 0 saturated carbocycles. The highest BCUT2D eigenvalue weighted by Crippen LogP contribution is 2.22.